The van der Waals surface area contributed by atoms with Crippen LogP contribution in [-0.4, -0.2) is 76.2 Å². The van der Waals surface area contributed by atoms with Gasteiger partial charge in [0.05, 0.1) is 26.6 Å². The number of rotatable bonds is 12. The smallest absolute Gasteiger partial charge is 0.293 e. The van der Waals surface area contributed by atoms with Crippen LogP contribution in [0.2, 0.25) is 0 Å². The fraction of sp³-hybridized carbons (Fsp3) is 0.370. The predicted octanol–water partition coefficient (Wildman–Crippen LogP) is 8.42. The highest BCUT2D eigenvalue weighted by molar-refractivity contribution is 7.90. The minimum Gasteiger partial charge on any atom is -0.381 e. The summed E-state index contributed by atoms with van der Waals surface area (Å²) < 4.78 is 37.0. The van der Waals surface area contributed by atoms with Crippen LogP contribution in [0.3, 0.4) is 0 Å². The number of nitro benzene ring substituents is 1. The molecule has 314 valence electrons. The molecular formula is C46H48N8O6S. The summed E-state index contributed by atoms with van der Waals surface area (Å²) in [5.41, 5.74) is 7.36. The average molecular weight is 841 g/mol. The molecule has 1 amide bonds. The Kier molecular flexibility index (Phi) is 10.4. The van der Waals surface area contributed by atoms with Gasteiger partial charge in [0, 0.05) is 55.7 Å². The number of sulfonamides is 1. The number of aromatic amines is 1. The number of hydrogen-bond acceptors (Lipinski definition) is 10. The lowest BCUT2D eigenvalue weighted by Crippen LogP contribution is -2.36. The number of H-pyrrole nitrogens is 1. The number of carbonyl (C=O) groups excluding carboxylic acids is 1. The monoisotopic (exact) mass is 840 g/mol. The molecule has 61 heavy (non-hydrogen) atoms. The number of nitrogens with one attached hydrogen (secondary N) is 3. The molecule has 1 saturated carbocycles. The van der Waals surface area contributed by atoms with E-state index in [-0.39, 0.29) is 17.2 Å². The van der Waals surface area contributed by atoms with Gasteiger partial charge in [0.2, 0.25) is 0 Å². The molecule has 14 nitrogen and oxygen atoms in total. The van der Waals surface area contributed by atoms with E-state index in [0.29, 0.717) is 60.1 Å². The predicted molar refractivity (Wildman–Crippen MR) is 233 cm³/mol. The molecule has 2 aliphatic heterocycles. The van der Waals surface area contributed by atoms with E-state index in [1.54, 1.807) is 23.1 Å². The van der Waals surface area contributed by atoms with Crippen molar-refractivity contribution in [2.75, 3.05) is 31.6 Å². The first-order chi connectivity index (χ1) is 29.7. The van der Waals surface area contributed by atoms with Gasteiger partial charge in [0.1, 0.15) is 11.2 Å². The van der Waals surface area contributed by atoms with Gasteiger partial charge in [-0.05, 0) is 135 Å². The summed E-state index contributed by atoms with van der Waals surface area (Å²) >= 11 is 0. The number of nitrogens with zero attached hydrogens (tertiary/aromatic N) is 5. The zero-order valence-electron chi connectivity index (χ0n) is 33.8. The third-order valence-corrected chi connectivity index (χ3v) is 14.4. The Morgan fingerprint density at radius 1 is 0.967 bits per heavy atom. The summed E-state index contributed by atoms with van der Waals surface area (Å²) in [6.45, 7) is 2.85. The van der Waals surface area contributed by atoms with Crippen LogP contribution in [0.25, 0.3) is 33.3 Å². The van der Waals surface area contributed by atoms with Gasteiger partial charge in [-0.1, -0.05) is 36.4 Å². The number of likely N-dealkylation sites (tertiary alicyclic amines) is 1. The highest BCUT2D eigenvalue weighted by Crippen LogP contribution is 2.47. The van der Waals surface area contributed by atoms with Crippen LogP contribution in [-0.2, 0) is 14.8 Å². The van der Waals surface area contributed by atoms with E-state index < -0.39 is 31.4 Å². The number of fused-ring (bicyclic) bond motifs is 2. The van der Waals surface area contributed by atoms with E-state index in [9.17, 15) is 23.3 Å². The second kappa shape index (κ2) is 16.2. The average Bonchev–Trinajstić information content (AvgIpc) is 3.61. The first kappa shape index (κ1) is 39.2. The van der Waals surface area contributed by atoms with Crippen LogP contribution in [0.5, 0.6) is 0 Å². The zero-order chi connectivity index (χ0) is 41.7. The number of pyridine rings is 1. The maximum absolute atomic E-state index is 14.2. The largest absolute Gasteiger partial charge is 0.381 e. The summed E-state index contributed by atoms with van der Waals surface area (Å²) in [7, 11) is -4.54. The topological polar surface area (TPSA) is 177 Å². The quantitative estimate of drug-likeness (QED) is 0.0801. The van der Waals surface area contributed by atoms with Crippen molar-refractivity contribution in [3.8, 4) is 5.69 Å². The van der Waals surface area contributed by atoms with Gasteiger partial charge in [0.25, 0.3) is 21.6 Å². The SMILES string of the molecule is O=C(NS(=O)(=O)c1ccc(NCC2CCOCC2)c([N+](=O)[O-])c1)c1ccc(C2=CCC(N3CCCC3c3ccccc3C3CC3)CC2)cc1-n1[nH]cc2nc3nccc3cc21. The van der Waals surface area contributed by atoms with Crippen LogP contribution in [0.4, 0.5) is 11.4 Å². The van der Waals surface area contributed by atoms with Crippen molar-refractivity contribution in [1.29, 1.82) is 0 Å². The maximum Gasteiger partial charge on any atom is 0.293 e. The van der Waals surface area contributed by atoms with Gasteiger partial charge in [-0.25, -0.2) is 23.1 Å². The third kappa shape index (κ3) is 7.81. The number of anilines is 1. The zero-order valence-corrected chi connectivity index (χ0v) is 34.6. The molecule has 3 N–H and O–H groups in total. The van der Waals surface area contributed by atoms with Gasteiger partial charge < -0.3 is 10.1 Å². The minimum atomic E-state index is -4.54. The molecule has 3 aromatic heterocycles. The van der Waals surface area contributed by atoms with E-state index in [1.807, 2.05) is 24.3 Å². The molecule has 2 saturated heterocycles. The van der Waals surface area contributed by atoms with Crippen molar-refractivity contribution in [2.24, 2.45) is 5.92 Å². The van der Waals surface area contributed by atoms with Crippen molar-refractivity contribution < 1.29 is 22.9 Å². The maximum atomic E-state index is 14.2. The van der Waals surface area contributed by atoms with Gasteiger partial charge in [0.15, 0.2) is 5.65 Å². The van der Waals surface area contributed by atoms with E-state index in [0.717, 1.165) is 55.7 Å². The number of allylic oxidation sites excluding steroid dienone is 1. The molecule has 3 fully saturated rings. The van der Waals surface area contributed by atoms with Crippen molar-refractivity contribution in [3.63, 3.8) is 0 Å². The van der Waals surface area contributed by atoms with Gasteiger partial charge >= 0.3 is 0 Å². The number of benzene rings is 3. The van der Waals surface area contributed by atoms with Crippen LogP contribution < -0.4 is 10.0 Å². The molecular weight excluding hydrogens is 793 g/mol. The number of amides is 1. The first-order valence-electron chi connectivity index (χ1n) is 21.4. The number of carbonyl (C=O) groups is 1. The lowest BCUT2D eigenvalue weighted by Gasteiger charge is -2.36. The van der Waals surface area contributed by atoms with E-state index >= 15 is 0 Å². The Hall–Kier alpha value is -5.90. The van der Waals surface area contributed by atoms with Crippen molar-refractivity contribution in [3.05, 3.63) is 124 Å². The Labute approximate surface area is 353 Å². The van der Waals surface area contributed by atoms with Crippen molar-refractivity contribution in [2.45, 2.75) is 80.7 Å². The molecule has 6 aromatic rings. The molecule has 0 spiro atoms. The summed E-state index contributed by atoms with van der Waals surface area (Å²) in [5, 5.41) is 19.3. The molecule has 0 radical (unpaired) electrons. The van der Waals surface area contributed by atoms with E-state index in [1.165, 1.54) is 54.5 Å². The van der Waals surface area contributed by atoms with E-state index in [2.05, 4.69) is 60.3 Å². The molecule has 10 rings (SSSR count). The molecule has 3 aromatic carbocycles. The fourth-order valence-corrected chi connectivity index (χ4v) is 10.7. The summed E-state index contributed by atoms with van der Waals surface area (Å²) in [6, 6.07) is 22.8. The Bertz CT molecular complexity index is 2800. The Morgan fingerprint density at radius 2 is 1.80 bits per heavy atom. The molecule has 2 atom stereocenters. The molecule has 5 heterocycles. The van der Waals surface area contributed by atoms with Gasteiger partial charge in [-0.3, -0.25) is 29.6 Å². The number of aromatic nitrogens is 4. The molecule has 4 aliphatic rings. The van der Waals surface area contributed by atoms with Crippen LogP contribution in [0.1, 0.15) is 96.8 Å². The lowest BCUT2D eigenvalue weighted by molar-refractivity contribution is -0.384. The molecule has 2 aliphatic carbocycles. The first-order valence-corrected chi connectivity index (χ1v) is 22.9. The van der Waals surface area contributed by atoms with Crippen LogP contribution in [0.15, 0.2) is 96.2 Å². The van der Waals surface area contributed by atoms with E-state index in [4.69, 9.17) is 4.74 Å². The molecule has 0 bridgehead atoms. The third-order valence-electron chi connectivity index (χ3n) is 13.1. The Morgan fingerprint density at radius 3 is 2.59 bits per heavy atom. The second-order valence-electron chi connectivity index (χ2n) is 16.9. The lowest BCUT2D eigenvalue weighted by atomic mass is 9.88. The van der Waals surface area contributed by atoms with Crippen LogP contribution >= 0.6 is 0 Å². The number of hydrogen-bond donors (Lipinski definition) is 3. The fourth-order valence-electron chi connectivity index (χ4n) is 9.67. The van der Waals surface area contributed by atoms with Gasteiger partial charge in [-0.2, -0.15) is 0 Å². The normalized spacial score (nSPS) is 20.2. The molecule has 15 heteroatoms. The van der Waals surface area contributed by atoms with Gasteiger partial charge in [-0.15, -0.1) is 0 Å². The standard InChI is InChI=1S/C46H48N8O6S/c55-46(51-61(58,59)35-14-16-39(44(26-35)54(56)57)48-27-29-18-22-60-23-19-29)38-15-11-32(24-42(38)53-43-25-33-17-20-47-45(33)50-40(43)28-49-53)30-9-12-34(13-10-30)52-21-3-6-41(52)37-5-2-1-4-36(37)31-7-8-31/h1-2,4-5,9,11,14-17,20,24-26,28-29,31,34,41,48-49H,3,6-8,10,12-13,18-19,21-23,27H2,(H,51,55). The van der Waals surface area contributed by atoms with Crippen molar-refractivity contribution >= 4 is 54.9 Å². The number of ether oxygens (including phenoxy) is 1. The van der Waals surface area contributed by atoms with Crippen LogP contribution in [0, 0.1) is 16.0 Å². The Balaban J connectivity index is 0.939. The van der Waals surface area contributed by atoms with Crippen molar-refractivity contribution in [1.82, 2.24) is 29.4 Å². The highest BCUT2D eigenvalue weighted by atomic mass is 32.2. The summed E-state index contributed by atoms with van der Waals surface area (Å²) in [6.07, 6.45) is 15.1. The second-order valence-corrected chi connectivity index (χ2v) is 18.5. The number of nitro groups is 1. The minimum absolute atomic E-state index is 0.0922. The summed E-state index contributed by atoms with van der Waals surface area (Å²) in [5.74, 6) is 0.106. The highest BCUT2D eigenvalue weighted by Gasteiger charge is 2.36. The molecule has 2 unspecified atom stereocenters. The summed E-state index contributed by atoms with van der Waals surface area (Å²) in [4.78, 5) is 37.1.